The number of methoxy groups -OCH3 is 1. The average Bonchev–Trinajstić information content (AvgIpc) is 3.55. The SMILES string of the molecule is CC[C@@H](C(=O)NC1CCCC1)N(C(=O)Cn1nnc(-c2ccc(Cl)cc2)n1)c1cccc(OC)c1. The highest BCUT2D eigenvalue weighted by atomic mass is 35.5. The van der Waals surface area contributed by atoms with E-state index in [1.54, 1.807) is 55.6 Å². The van der Waals surface area contributed by atoms with Crippen LogP contribution in [0.5, 0.6) is 5.75 Å². The van der Waals surface area contributed by atoms with Crippen LogP contribution in [0.4, 0.5) is 5.69 Å². The van der Waals surface area contributed by atoms with Gasteiger partial charge in [0.25, 0.3) is 5.91 Å². The highest BCUT2D eigenvalue weighted by molar-refractivity contribution is 6.30. The summed E-state index contributed by atoms with van der Waals surface area (Å²) in [6.45, 7) is 1.72. The molecule has 0 radical (unpaired) electrons. The van der Waals surface area contributed by atoms with Gasteiger partial charge in [-0.3, -0.25) is 14.5 Å². The third-order valence-corrected chi connectivity index (χ3v) is 6.39. The molecule has 1 aromatic heterocycles. The van der Waals surface area contributed by atoms with Crippen LogP contribution in [0.2, 0.25) is 5.02 Å². The Morgan fingerprint density at radius 1 is 1.20 bits per heavy atom. The average molecular weight is 497 g/mol. The molecule has 1 aliphatic carbocycles. The van der Waals surface area contributed by atoms with Crippen molar-refractivity contribution >= 4 is 29.1 Å². The summed E-state index contributed by atoms with van der Waals surface area (Å²) in [6, 6.07) is 13.6. The predicted octanol–water partition coefficient (Wildman–Crippen LogP) is 3.87. The smallest absolute Gasteiger partial charge is 0.251 e. The van der Waals surface area contributed by atoms with E-state index in [1.165, 1.54) is 9.70 Å². The molecule has 0 bridgehead atoms. The summed E-state index contributed by atoms with van der Waals surface area (Å²) in [7, 11) is 1.56. The maximum absolute atomic E-state index is 13.6. The number of benzene rings is 2. The number of nitrogens with one attached hydrogen (secondary N) is 1. The Kier molecular flexibility index (Phi) is 7.97. The van der Waals surface area contributed by atoms with Gasteiger partial charge in [0, 0.05) is 28.4 Å². The van der Waals surface area contributed by atoms with E-state index in [0.717, 1.165) is 31.2 Å². The molecule has 2 aromatic carbocycles. The molecule has 9 nitrogen and oxygen atoms in total. The topological polar surface area (TPSA) is 102 Å². The summed E-state index contributed by atoms with van der Waals surface area (Å²) in [5, 5.41) is 16.2. The van der Waals surface area contributed by atoms with Crippen LogP contribution in [-0.2, 0) is 16.1 Å². The molecule has 1 atom stereocenters. The first-order valence-electron chi connectivity index (χ1n) is 11.8. The fraction of sp³-hybridized carbons (Fsp3) is 0.400. The third-order valence-electron chi connectivity index (χ3n) is 6.13. The molecule has 0 spiro atoms. The Labute approximate surface area is 209 Å². The lowest BCUT2D eigenvalue weighted by Crippen LogP contribution is -2.52. The second-order valence-corrected chi connectivity index (χ2v) is 8.97. The zero-order chi connectivity index (χ0) is 24.8. The Balaban J connectivity index is 1.59. The number of amides is 2. The van der Waals surface area contributed by atoms with E-state index in [4.69, 9.17) is 16.3 Å². The number of anilines is 1. The van der Waals surface area contributed by atoms with Gasteiger partial charge in [-0.1, -0.05) is 37.4 Å². The van der Waals surface area contributed by atoms with E-state index in [2.05, 4.69) is 20.7 Å². The molecular weight excluding hydrogens is 468 g/mol. The van der Waals surface area contributed by atoms with Crippen molar-refractivity contribution < 1.29 is 14.3 Å². The molecule has 3 aromatic rings. The van der Waals surface area contributed by atoms with Crippen molar-refractivity contribution in [3.8, 4) is 17.1 Å². The van der Waals surface area contributed by atoms with Gasteiger partial charge in [0.2, 0.25) is 11.7 Å². The number of hydrogen-bond donors (Lipinski definition) is 1. The summed E-state index contributed by atoms with van der Waals surface area (Å²) < 4.78 is 5.36. The minimum Gasteiger partial charge on any atom is -0.497 e. The van der Waals surface area contributed by atoms with Crippen molar-refractivity contribution in [1.82, 2.24) is 25.5 Å². The summed E-state index contributed by atoms with van der Waals surface area (Å²) in [5.41, 5.74) is 1.31. The van der Waals surface area contributed by atoms with Crippen molar-refractivity contribution in [3.05, 3.63) is 53.6 Å². The molecule has 0 saturated heterocycles. The Bertz CT molecular complexity index is 1160. The fourth-order valence-corrected chi connectivity index (χ4v) is 4.46. The molecule has 0 unspecified atom stereocenters. The zero-order valence-electron chi connectivity index (χ0n) is 19.9. The number of aromatic nitrogens is 4. The van der Waals surface area contributed by atoms with Crippen LogP contribution >= 0.6 is 11.6 Å². The van der Waals surface area contributed by atoms with Crippen LogP contribution in [0.15, 0.2) is 48.5 Å². The van der Waals surface area contributed by atoms with Crippen molar-refractivity contribution in [3.63, 3.8) is 0 Å². The highest BCUT2D eigenvalue weighted by Gasteiger charge is 2.32. The molecule has 0 aliphatic heterocycles. The highest BCUT2D eigenvalue weighted by Crippen LogP contribution is 2.26. The molecule has 10 heteroatoms. The molecule has 2 amide bonds. The van der Waals surface area contributed by atoms with Crippen molar-refractivity contribution in [2.75, 3.05) is 12.0 Å². The number of carbonyl (C=O) groups excluding carboxylic acids is 2. The van der Waals surface area contributed by atoms with Gasteiger partial charge in [-0.2, -0.15) is 4.80 Å². The van der Waals surface area contributed by atoms with E-state index in [1.807, 2.05) is 6.92 Å². The van der Waals surface area contributed by atoms with Crippen molar-refractivity contribution in [1.29, 1.82) is 0 Å². The lowest BCUT2D eigenvalue weighted by atomic mass is 10.1. The first kappa shape index (κ1) is 24.7. The Hall–Kier alpha value is -3.46. The van der Waals surface area contributed by atoms with Gasteiger partial charge >= 0.3 is 0 Å². The minimum absolute atomic E-state index is 0.151. The number of carbonyl (C=O) groups is 2. The molecule has 1 heterocycles. The maximum atomic E-state index is 13.6. The van der Waals surface area contributed by atoms with Gasteiger partial charge in [-0.05, 0) is 60.9 Å². The van der Waals surface area contributed by atoms with Crippen LogP contribution in [-0.4, -0.2) is 51.2 Å². The van der Waals surface area contributed by atoms with E-state index >= 15 is 0 Å². The second kappa shape index (κ2) is 11.3. The molecule has 184 valence electrons. The quantitative estimate of drug-likeness (QED) is 0.482. The first-order chi connectivity index (χ1) is 17.0. The number of ether oxygens (including phenoxy) is 1. The van der Waals surface area contributed by atoms with Crippen LogP contribution < -0.4 is 15.0 Å². The predicted molar refractivity (Wildman–Crippen MR) is 133 cm³/mol. The number of nitrogens with zero attached hydrogens (tertiary/aromatic N) is 5. The minimum atomic E-state index is -0.686. The van der Waals surface area contributed by atoms with Gasteiger partial charge < -0.3 is 10.1 Å². The molecule has 4 rings (SSSR count). The van der Waals surface area contributed by atoms with Crippen LogP contribution in [0.1, 0.15) is 39.0 Å². The van der Waals surface area contributed by atoms with Gasteiger partial charge in [-0.25, -0.2) is 0 Å². The summed E-state index contributed by atoms with van der Waals surface area (Å²) in [5.74, 6) is 0.486. The lowest BCUT2D eigenvalue weighted by molar-refractivity contribution is -0.127. The molecular formula is C25H29ClN6O3. The Morgan fingerprint density at radius 3 is 2.63 bits per heavy atom. The molecule has 35 heavy (non-hydrogen) atoms. The summed E-state index contributed by atoms with van der Waals surface area (Å²) >= 11 is 5.96. The van der Waals surface area contributed by atoms with Crippen LogP contribution in [0.3, 0.4) is 0 Å². The van der Waals surface area contributed by atoms with Crippen molar-refractivity contribution in [2.45, 2.75) is 57.7 Å². The van der Waals surface area contributed by atoms with Gasteiger partial charge in [0.15, 0.2) is 0 Å². The van der Waals surface area contributed by atoms with E-state index in [9.17, 15) is 9.59 Å². The molecule has 1 aliphatic rings. The number of rotatable bonds is 9. The van der Waals surface area contributed by atoms with Crippen molar-refractivity contribution in [2.24, 2.45) is 0 Å². The molecule has 1 fully saturated rings. The van der Waals surface area contributed by atoms with E-state index in [-0.39, 0.29) is 24.4 Å². The largest absolute Gasteiger partial charge is 0.497 e. The summed E-state index contributed by atoms with van der Waals surface area (Å²) in [6.07, 6.45) is 4.59. The number of halogens is 1. The zero-order valence-corrected chi connectivity index (χ0v) is 20.6. The lowest BCUT2D eigenvalue weighted by Gasteiger charge is -2.31. The van der Waals surface area contributed by atoms with Gasteiger partial charge in [-0.15, -0.1) is 10.2 Å². The van der Waals surface area contributed by atoms with Crippen LogP contribution in [0.25, 0.3) is 11.4 Å². The van der Waals surface area contributed by atoms with Gasteiger partial charge in [0.05, 0.1) is 7.11 Å². The standard InChI is InChI=1S/C25H29ClN6O3/c1-3-22(25(34)27-19-7-4-5-8-19)32(20-9-6-10-21(15-20)35-2)23(33)16-31-29-24(28-30-31)17-11-13-18(26)14-12-17/h6,9-15,19,22H,3-5,7-8,16H2,1-2H3,(H,27,34)/t22-/m0/s1. The first-order valence-corrected chi connectivity index (χ1v) is 12.2. The third kappa shape index (κ3) is 5.97. The van der Waals surface area contributed by atoms with Crippen LogP contribution in [0, 0.1) is 0 Å². The summed E-state index contributed by atoms with van der Waals surface area (Å²) in [4.78, 5) is 29.6. The normalized spacial score (nSPS) is 14.5. The van der Waals surface area contributed by atoms with E-state index in [0.29, 0.717) is 28.7 Å². The van der Waals surface area contributed by atoms with E-state index < -0.39 is 6.04 Å². The monoisotopic (exact) mass is 496 g/mol. The second-order valence-electron chi connectivity index (χ2n) is 8.53. The molecule has 1 saturated carbocycles. The fourth-order valence-electron chi connectivity index (χ4n) is 4.33. The number of hydrogen-bond acceptors (Lipinski definition) is 6. The molecule has 1 N–H and O–H groups in total. The maximum Gasteiger partial charge on any atom is 0.251 e. The van der Waals surface area contributed by atoms with Gasteiger partial charge in [0.1, 0.15) is 18.3 Å². The Morgan fingerprint density at radius 2 is 1.94 bits per heavy atom. The number of tetrazole rings is 1.